The highest BCUT2D eigenvalue weighted by Crippen LogP contribution is 1.99. The first-order chi connectivity index (χ1) is 9.12. The summed E-state index contributed by atoms with van der Waals surface area (Å²) in [4.78, 5) is 29.1. The first kappa shape index (κ1) is 15.1. The van der Waals surface area contributed by atoms with Gasteiger partial charge in [0.15, 0.2) is 0 Å². The average Bonchev–Trinajstić information content (AvgIpc) is 2.46. The largest absolute Gasteiger partial charge is 0.342 e. The zero-order chi connectivity index (χ0) is 14.3. The van der Waals surface area contributed by atoms with Crippen LogP contribution in [0.5, 0.6) is 0 Å². The molecule has 104 valence electrons. The fourth-order valence-corrected chi connectivity index (χ4v) is 1.61. The number of likely N-dealkylation sites (N-methyl/N-ethyl adjacent to an activating group) is 1. The number of nitrogens with zero attached hydrogens (tertiary/aromatic N) is 2. The van der Waals surface area contributed by atoms with Crippen LogP contribution >= 0.6 is 0 Å². The summed E-state index contributed by atoms with van der Waals surface area (Å²) in [5, 5.41) is 2.56. The number of amides is 2. The van der Waals surface area contributed by atoms with E-state index in [1.54, 1.807) is 23.2 Å². The van der Waals surface area contributed by atoms with Crippen LogP contribution in [0.3, 0.4) is 0 Å². The number of nitrogens with one attached hydrogen (secondary N) is 1. The molecule has 0 fully saturated rings. The van der Waals surface area contributed by atoms with Crippen LogP contribution in [-0.2, 0) is 11.3 Å². The van der Waals surface area contributed by atoms with Gasteiger partial charge in [0.1, 0.15) is 5.69 Å². The molecule has 0 bridgehead atoms. The van der Waals surface area contributed by atoms with Gasteiger partial charge in [-0.05, 0) is 25.5 Å². The predicted octanol–water partition coefficient (Wildman–Crippen LogP) is 0.139. The summed E-state index contributed by atoms with van der Waals surface area (Å²) in [5.41, 5.74) is 6.59. The van der Waals surface area contributed by atoms with Crippen molar-refractivity contribution in [3.05, 3.63) is 29.6 Å². The Morgan fingerprint density at radius 3 is 2.47 bits per heavy atom. The summed E-state index contributed by atoms with van der Waals surface area (Å²) >= 11 is 0. The van der Waals surface area contributed by atoms with Crippen LogP contribution in [0.15, 0.2) is 18.3 Å². The first-order valence-electron chi connectivity index (χ1n) is 6.33. The SMILES string of the molecule is CCN(CC)C(=O)CNC(=O)c1ccc(CN)cn1. The zero-order valence-electron chi connectivity index (χ0n) is 11.3. The molecular weight excluding hydrogens is 244 g/mol. The molecule has 0 aromatic carbocycles. The third-order valence-corrected chi connectivity index (χ3v) is 2.81. The van der Waals surface area contributed by atoms with Crippen molar-refractivity contribution < 1.29 is 9.59 Å². The molecule has 1 rings (SSSR count). The molecule has 6 heteroatoms. The van der Waals surface area contributed by atoms with Gasteiger partial charge in [-0.1, -0.05) is 6.07 Å². The highest BCUT2D eigenvalue weighted by Gasteiger charge is 2.12. The number of aromatic nitrogens is 1. The van der Waals surface area contributed by atoms with Crippen LogP contribution in [0.25, 0.3) is 0 Å². The minimum atomic E-state index is -0.357. The Morgan fingerprint density at radius 2 is 2.00 bits per heavy atom. The summed E-state index contributed by atoms with van der Waals surface area (Å²) < 4.78 is 0. The third-order valence-electron chi connectivity index (χ3n) is 2.81. The minimum absolute atomic E-state index is 0.0131. The van der Waals surface area contributed by atoms with Crippen molar-refractivity contribution in [1.82, 2.24) is 15.2 Å². The van der Waals surface area contributed by atoms with Gasteiger partial charge < -0.3 is 16.0 Å². The molecule has 3 N–H and O–H groups in total. The Labute approximate surface area is 113 Å². The lowest BCUT2D eigenvalue weighted by Gasteiger charge is -2.18. The number of nitrogens with two attached hydrogens (primary N) is 1. The Hall–Kier alpha value is -1.95. The normalized spacial score (nSPS) is 10.1. The Bertz CT molecular complexity index is 427. The molecule has 0 atom stereocenters. The summed E-state index contributed by atoms with van der Waals surface area (Å²) in [6.07, 6.45) is 1.56. The van der Waals surface area contributed by atoms with E-state index >= 15 is 0 Å². The summed E-state index contributed by atoms with van der Waals surface area (Å²) in [7, 11) is 0. The van der Waals surface area contributed by atoms with E-state index in [9.17, 15) is 9.59 Å². The van der Waals surface area contributed by atoms with Gasteiger partial charge in [0.05, 0.1) is 6.54 Å². The van der Waals surface area contributed by atoms with Crippen molar-refractivity contribution in [2.24, 2.45) is 5.73 Å². The second-order valence-electron chi connectivity index (χ2n) is 4.00. The lowest BCUT2D eigenvalue weighted by Crippen LogP contribution is -2.40. The molecule has 0 aliphatic rings. The molecule has 0 saturated carbocycles. The maximum absolute atomic E-state index is 11.8. The highest BCUT2D eigenvalue weighted by atomic mass is 16.2. The Kier molecular flexibility index (Phi) is 5.95. The van der Waals surface area contributed by atoms with Crippen LogP contribution in [0.1, 0.15) is 29.9 Å². The number of pyridine rings is 1. The van der Waals surface area contributed by atoms with Gasteiger partial charge in [0.2, 0.25) is 5.91 Å². The van der Waals surface area contributed by atoms with Crippen LogP contribution in [-0.4, -0.2) is 41.3 Å². The molecule has 6 nitrogen and oxygen atoms in total. The smallest absolute Gasteiger partial charge is 0.270 e. The third kappa shape index (κ3) is 4.33. The molecule has 1 aromatic heterocycles. The van der Waals surface area contributed by atoms with E-state index in [0.29, 0.717) is 19.6 Å². The van der Waals surface area contributed by atoms with Crippen molar-refractivity contribution >= 4 is 11.8 Å². The molecular formula is C13H20N4O2. The Morgan fingerprint density at radius 1 is 1.32 bits per heavy atom. The Balaban J connectivity index is 2.52. The van der Waals surface area contributed by atoms with Crippen LogP contribution < -0.4 is 11.1 Å². The second kappa shape index (κ2) is 7.48. The molecule has 0 spiro atoms. The number of rotatable bonds is 6. The lowest BCUT2D eigenvalue weighted by molar-refractivity contribution is -0.129. The van der Waals surface area contributed by atoms with E-state index < -0.39 is 0 Å². The lowest BCUT2D eigenvalue weighted by atomic mass is 10.2. The molecule has 1 aromatic rings. The van der Waals surface area contributed by atoms with Crippen molar-refractivity contribution in [1.29, 1.82) is 0 Å². The molecule has 1 heterocycles. The topological polar surface area (TPSA) is 88.3 Å². The minimum Gasteiger partial charge on any atom is -0.342 e. The molecule has 0 aliphatic carbocycles. The van der Waals surface area contributed by atoms with Gasteiger partial charge >= 0.3 is 0 Å². The van der Waals surface area contributed by atoms with Gasteiger partial charge in [-0.25, -0.2) is 0 Å². The fourth-order valence-electron chi connectivity index (χ4n) is 1.61. The van der Waals surface area contributed by atoms with Crippen molar-refractivity contribution in [2.75, 3.05) is 19.6 Å². The van der Waals surface area contributed by atoms with E-state index in [-0.39, 0.29) is 24.1 Å². The molecule has 19 heavy (non-hydrogen) atoms. The van der Waals surface area contributed by atoms with E-state index in [4.69, 9.17) is 5.73 Å². The van der Waals surface area contributed by atoms with Crippen LogP contribution in [0, 0.1) is 0 Å². The van der Waals surface area contributed by atoms with Crippen molar-refractivity contribution in [2.45, 2.75) is 20.4 Å². The maximum Gasteiger partial charge on any atom is 0.270 e. The van der Waals surface area contributed by atoms with E-state index in [2.05, 4.69) is 10.3 Å². The van der Waals surface area contributed by atoms with E-state index in [0.717, 1.165) is 5.56 Å². The van der Waals surface area contributed by atoms with Gasteiger partial charge in [-0.15, -0.1) is 0 Å². The predicted molar refractivity (Wildman–Crippen MR) is 72.4 cm³/mol. The van der Waals surface area contributed by atoms with Crippen LogP contribution in [0.4, 0.5) is 0 Å². The number of hydrogen-bond donors (Lipinski definition) is 2. The molecule has 0 radical (unpaired) electrons. The maximum atomic E-state index is 11.8. The van der Waals surface area contributed by atoms with Crippen molar-refractivity contribution in [3.63, 3.8) is 0 Å². The standard InChI is InChI=1S/C13H20N4O2/c1-3-17(4-2)12(18)9-16-13(19)11-6-5-10(7-14)8-15-11/h5-6,8H,3-4,7,9,14H2,1-2H3,(H,16,19). The highest BCUT2D eigenvalue weighted by molar-refractivity contribution is 5.94. The van der Waals surface area contributed by atoms with E-state index in [1.165, 1.54) is 0 Å². The van der Waals surface area contributed by atoms with Gasteiger partial charge in [0.25, 0.3) is 5.91 Å². The number of carbonyl (C=O) groups excluding carboxylic acids is 2. The first-order valence-corrected chi connectivity index (χ1v) is 6.33. The molecule has 0 saturated heterocycles. The van der Waals surface area contributed by atoms with Crippen molar-refractivity contribution in [3.8, 4) is 0 Å². The zero-order valence-corrected chi connectivity index (χ0v) is 11.3. The van der Waals surface area contributed by atoms with Gasteiger partial charge in [-0.2, -0.15) is 0 Å². The quantitative estimate of drug-likeness (QED) is 0.765. The fraction of sp³-hybridized carbons (Fsp3) is 0.462. The molecule has 2 amide bonds. The van der Waals surface area contributed by atoms with Gasteiger partial charge in [-0.3, -0.25) is 14.6 Å². The monoisotopic (exact) mass is 264 g/mol. The number of carbonyl (C=O) groups is 2. The van der Waals surface area contributed by atoms with Gasteiger partial charge in [0, 0.05) is 25.8 Å². The molecule has 0 aliphatic heterocycles. The summed E-state index contributed by atoms with van der Waals surface area (Å²) in [6, 6.07) is 3.34. The molecule has 0 unspecified atom stereocenters. The number of hydrogen-bond acceptors (Lipinski definition) is 4. The average molecular weight is 264 g/mol. The van der Waals surface area contributed by atoms with E-state index in [1.807, 2.05) is 13.8 Å². The second-order valence-corrected chi connectivity index (χ2v) is 4.00. The summed E-state index contributed by atoms with van der Waals surface area (Å²) in [5.74, 6) is -0.457. The van der Waals surface area contributed by atoms with Crippen LogP contribution in [0.2, 0.25) is 0 Å². The summed E-state index contributed by atoms with van der Waals surface area (Å²) in [6.45, 7) is 5.44.